The number of morpholine rings is 1. The molecule has 2 aromatic rings. The van der Waals surface area contributed by atoms with Crippen molar-refractivity contribution in [2.24, 2.45) is 0 Å². The lowest BCUT2D eigenvalue weighted by Crippen LogP contribution is -2.52. The van der Waals surface area contributed by atoms with Gasteiger partial charge in [0.05, 0.1) is 18.9 Å². The van der Waals surface area contributed by atoms with Gasteiger partial charge in [0.15, 0.2) is 0 Å². The van der Waals surface area contributed by atoms with Crippen LogP contribution in [0.1, 0.15) is 12.8 Å². The van der Waals surface area contributed by atoms with Crippen LogP contribution in [0.5, 0.6) is 5.88 Å². The van der Waals surface area contributed by atoms with Crippen molar-refractivity contribution in [3.05, 3.63) is 18.5 Å². The molecule has 11 heteroatoms. The van der Waals surface area contributed by atoms with E-state index < -0.39 is 0 Å². The molecule has 30 heavy (non-hydrogen) atoms. The van der Waals surface area contributed by atoms with Gasteiger partial charge in [-0.15, -0.1) is 0 Å². The number of nitrogens with zero attached hydrogens (tertiary/aromatic N) is 6. The van der Waals surface area contributed by atoms with Crippen molar-refractivity contribution in [3.8, 4) is 17.1 Å². The third kappa shape index (κ3) is 4.35. The molecule has 3 N–H and O–H groups in total. The van der Waals surface area contributed by atoms with Crippen LogP contribution in [0.2, 0.25) is 0 Å². The smallest absolute Gasteiger partial charge is 0.317 e. The predicted octanol–water partition coefficient (Wildman–Crippen LogP) is 0.533. The monoisotopic (exact) mass is 414 g/mol. The van der Waals surface area contributed by atoms with Crippen LogP contribution >= 0.6 is 0 Å². The minimum atomic E-state index is -0.0965. The quantitative estimate of drug-likeness (QED) is 0.719. The van der Waals surface area contributed by atoms with Gasteiger partial charge in [0.2, 0.25) is 17.8 Å². The lowest BCUT2D eigenvalue weighted by Gasteiger charge is -2.40. The number of nitrogens with one attached hydrogen (secondary N) is 1. The van der Waals surface area contributed by atoms with Crippen molar-refractivity contribution >= 4 is 17.9 Å². The van der Waals surface area contributed by atoms with Gasteiger partial charge in [0.1, 0.15) is 6.10 Å². The second-order valence-corrected chi connectivity index (χ2v) is 7.35. The van der Waals surface area contributed by atoms with Crippen LogP contribution in [0.4, 0.5) is 16.7 Å². The number of nitrogens with two attached hydrogens (primary N) is 1. The molecule has 0 aromatic carbocycles. The molecule has 2 amide bonds. The molecule has 1 saturated heterocycles. The van der Waals surface area contributed by atoms with Gasteiger partial charge in [-0.2, -0.15) is 4.98 Å². The third-order valence-corrected chi connectivity index (χ3v) is 5.39. The second kappa shape index (κ2) is 8.66. The van der Waals surface area contributed by atoms with Crippen molar-refractivity contribution in [2.75, 3.05) is 51.0 Å². The molecule has 0 radical (unpaired) electrons. The zero-order valence-corrected chi connectivity index (χ0v) is 17.1. The summed E-state index contributed by atoms with van der Waals surface area (Å²) in [6, 6.07) is 1.84. The maximum absolute atomic E-state index is 11.8. The zero-order chi connectivity index (χ0) is 21.1. The normalized spacial score (nSPS) is 20.9. The van der Waals surface area contributed by atoms with Crippen LogP contribution in [0.25, 0.3) is 11.3 Å². The van der Waals surface area contributed by atoms with E-state index in [4.69, 9.17) is 15.2 Å². The first-order chi connectivity index (χ1) is 14.5. The molecule has 1 aliphatic heterocycles. The minimum absolute atomic E-state index is 0.00920. The minimum Gasteiger partial charge on any atom is -0.474 e. The fourth-order valence-corrected chi connectivity index (χ4v) is 3.46. The Morgan fingerprint density at radius 3 is 2.63 bits per heavy atom. The van der Waals surface area contributed by atoms with Crippen LogP contribution in [-0.2, 0) is 4.74 Å². The van der Waals surface area contributed by atoms with Crippen LogP contribution in [0.15, 0.2) is 18.5 Å². The number of amides is 2. The first-order valence-corrected chi connectivity index (χ1v) is 9.94. The van der Waals surface area contributed by atoms with Crippen molar-refractivity contribution < 1.29 is 14.3 Å². The summed E-state index contributed by atoms with van der Waals surface area (Å²) in [5.74, 6) is 1.28. The molecule has 0 bridgehead atoms. The number of anilines is 2. The van der Waals surface area contributed by atoms with Gasteiger partial charge in [-0.25, -0.2) is 19.7 Å². The van der Waals surface area contributed by atoms with Crippen LogP contribution < -0.4 is 20.7 Å². The largest absolute Gasteiger partial charge is 0.474 e. The summed E-state index contributed by atoms with van der Waals surface area (Å²) in [6.45, 7) is 2.68. The summed E-state index contributed by atoms with van der Waals surface area (Å²) in [7, 11) is 3.42. The number of nitrogen functional groups attached to an aromatic ring is 1. The highest BCUT2D eigenvalue weighted by atomic mass is 16.5. The Morgan fingerprint density at radius 2 is 1.97 bits per heavy atom. The van der Waals surface area contributed by atoms with Gasteiger partial charge in [0.25, 0.3) is 0 Å². The Kier molecular flexibility index (Phi) is 5.79. The number of hydrogen-bond acceptors (Lipinski definition) is 9. The van der Waals surface area contributed by atoms with Gasteiger partial charge in [-0.3, -0.25) is 0 Å². The molecule has 0 unspecified atom stereocenters. The Balaban J connectivity index is 1.52. The van der Waals surface area contributed by atoms with E-state index in [1.165, 1.54) is 0 Å². The van der Waals surface area contributed by atoms with E-state index in [2.05, 4.69) is 30.2 Å². The molecule has 2 fully saturated rings. The van der Waals surface area contributed by atoms with E-state index in [1.807, 2.05) is 0 Å². The van der Waals surface area contributed by atoms with Gasteiger partial charge in [0, 0.05) is 70.1 Å². The lowest BCUT2D eigenvalue weighted by molar-refractivity contribution is 0.0409. The summed E-state index contributed by atoms with van der Waals surface area (Å²) in [5.41, 5.74) is 7.01. The van der Waals surface area contributed by atoms with Crippen molar-refractivity contribution in [1.82, 2.24) is 30.2 Å². The lowest BCUT2D eigenvalue weighted by atomic mass is 9.88. The zero-order valence-electron chi connectivity index (χ0n) is 17.1. The first kappa shape index (κ1) is 20.1. The molecule has 0 atom stereocenters. The maximum atomic E-state index is 11.8. The maximum Gasteiger partial charge on any atom is 0.317 e. The van der Waals surface area contributed by atoms with Crippen LogP contribution in [0.3, 0.4) is 0 Å². The van der Waals surface area contributed by atoms with E-state index in [0.29, 0.717) is 43.8 Å². The number of rotatable bonds is 5. The van der Waals surface area contributed by atoms with Crippen molar-refractivity contribution in [1.29, 1.82) is 0 Å². The van der Waals surface area contributed by atoms with Gasteiger partial charge in [-0.1, -0.05) is 0 Å². The van der Waals surface area contributed by atoms with E-state index in [0.717, 1.165) is 18.4 Å². The Hall–Kier alpha value is -3.21. The van der Waals surface area contributed by atoms with Gasteiger partial charge >= 0.3 is 6.03 Å². The highest BCUT2D eigenvalue weighted by Crippen LogP contribution is 2.31. The molecule has 2 aliphatic rings. The highest BCUT2D eigenvalue weighted by Gasteiger charge is 2.36. The number of ether oxygens (including phenoxy) is 2. The van der Waals surface area contributed by atoms with Gasteiger partial charge < -0.3 is 30.3 Å². The molecule has 160 valence electrons. The first-order valence-electron chi connectivity index (χ1n) is 9.94. The van der Waals surface area contributed by atoms with E-state index in [9.17, 15) is 4.79 Å². The molecular weight excluding hydrogens is 388 g/mol. The molecule has 11 nitrogen and oxygen atoms in total. The molecular formula is C19H26N8O3. The predicted molar refractivity (Wildman–Crippen MR) is 110 cm³/mol. The molecule has 4 rings (SSSR count). The summed E-state index contributed by atoms with van der Waals surface area (Å²) in [5, 5.41) is 2.64. The van der Waals surface area contributed by atoms with E-state index >= 15 is 0 Å². The summed E-state index contributed by atoms with van der Waals surface area (Å²) < 4.78 is 11.6. The Labute approximate surface area is 174 Å². The Bertz CT molecular complexity index is 882. The molecule has 0 spiro atoms. The number of carbonyl (C=O) groups is 1. The second-order valence-electron chi connectivity index (χ2n) is 7.35. The van der Waals surface area contributed by atoms with Crippen molar-refractivity contribution in [3.63, 3.8) is 0 Å². The van der Waals surface area contributed by atoms with E-state index in [1.54, 1.807) is 37.5 Å². The van der Waals surface area contributed by atoms with Crippen LogP contribution in [0, 0.1) is 0 Å². The summed E-state index contributed by atoms with van der Waals surface area (Å²) in [4.78, 5) is 33.0. The topological polar surface area (TPSA) is 132 Å². The molecule has 1 aliphatic carbocycles. The Morgan fingerprint density at radius 1 is 1.27 bits per heavy atom. The number of carbonyl (C=O) groups excluding carboxylic acids is 1. The summed E-state index contributed by atoms with van der Waals surface area (Å²) >= 11 is 0. The fourth-order valence-electron chi connectivity index (χ4n) is 3.46. The third-order valence-electron chi connectivity index (χ3n) is 5.39. The summed E-state index contributed by atoms with van der Waals surface area (Å²) in [6.07, 6.45) is 4.76. The number of aromatic nitrogens is 4. The average molecular weight is 414 g/mol. The average Bonchev–Trinajstić information content (AvgIpc) is 2.76. The fraction of sp³-hybridized carbons (Fsp3) is 0.526. The molecule has 2 aromatic heterocycles. The highest BCUT2D eigenvalue weighted by molar-refractivity contribution is 5.74. The number of urea groups is 1. The van der Waals surface area contributed by atoms with Crippen LogP contribution in [-0.4, -0.2) is 83.4 Å². The standard InChI is InChI=1S/C19H26N8O3/c1-21-19(28)26(2)13-7-14(8-13)30-16-9-15(12-10-22-17(20)23-11-12)24-18(25-16)27-3-5-29-6-4-27/h9-11,13-14H,3-8H2,1-2H3,(H,21,28)(H2,20,22,23)/t13-,14-. The molecule has 1 saturated carbocycles. The number of hydrogen-bond donors (Lipinski definition) is 2. The SMILES string of the molecule is CNC(=O)N(C)[C@H]1C[C@H](Oc2cc(-c3cnc(N)nc3)nc(N3CCOCC3)n2)C1. The van der Waals surface area contributed by atoms with Crippen molar-refractivity contribution in [2.45, 2.75) is 25.0 Å². The molecule has 3 heterocycles. The van der Waals surface area contributed by atoms with Gasteiger partial charge in [-0.05, 0) is 0 Å². The van der Waals surface area contributed by atoms with E-state index in [-0.39, 0.29) is 24.1 Å².